The molecule has 0 amide bonds. The van der Waals surface area contributed by atoms with Gasteiger partial charge in [-0.3, -0.25) is 0 Å². The maximum absolute atomic E-state index is 5.77. The molecule has 0 unspecified atom stereocenters. The van der Waals surface area contributed by atoms with Crippen LogP contribution in [0.4, 0.5) is 11.6 Å². The highest BCUT2D eigenvalue weighted by molar-refractivity contribution is 9.11. The number of halogens is 1. The van der Waals surface area contributed by atoms with Crippen molar-refractivity contribution >= 4 is 38.9 Å². The molecule has 0 fully saturated rings. The molecule has 2 aromatic rings. The quantitative estimate of drug-likeness (QED) is 0.797. The van der Waals surface area contributed by atoms with Gasteiger partial charge >= 0.3 is 0 Å². The molecule has 0 spiro atoms. The molecule has 0 saturated heterocycles. The van der Waals surface area contributed by atoms with Gasteiger partial charge in [-0.2, -0.15) is 0 Å². The number of nitrogen functional groups attached to an aromatic ring is 1. The summed E-state index contributed by atoms with van der Waals surface area (Å²) >= 11 is 5.20. The van der Waals surface area contributed by atoms with Crippen molar-refractivity contribution in [1.29, 1.82) is 0 Å². The van der Waals surface area contributed by atoms with Crippen LogP contribution in [0.2, 0.25) is 0 Å². The minimum Gasteiger partial charge on any atom is -0.384 e. The molecule has 7 heteroatoms. The minimum atomic E-state index is 0.383. The van der Waals surface area contributed by atoms with E-state index in [1.54, 1.807) is 17.4 Å². The molecule has 20 heavy (non-hydrogen) atoms. The fraction of sp³-hybridized carbons (Fsp3) is 0.385. The van der Waals surface area contributed by atoms with Crippen LogP contribution < -0.4 is 11.1 Å². The molecule has 108 valence electrons. The monoisotopic (exact) mass is 356 g/mol. The molecule has 2 heterocycles. The summed E-state index contributed by atoms with van der Waals surface area (Å²) in [6, 6.07) is 5.91. The van der Waals surface area contributed by atoms with Crippen LogP contribution in [0.15, 0.2) is 22.0 Å². The van der Waals surface area contributed by atoms with E-state index in [2.05, 4.69) is 43.3 Å². The fourth-order valence-corrected chi connectivity index (χ4v) is 3.15. The second-order valence-corrected chi connectivity index (χ2v) is 6.66. The van der Waals surface area contributed by atoms with Crippen molar-refractivity contribution in [2.45, 2.75) is 20.0 Å². The summed E-state index contributed by atoms with van der Waals surface area (Å²) in [5, 5.41) is 3.26. The molecule has 0 saturated carbocycles. The summed E-state index contributed by atoms with van der Waals surface area (Å²) in [5.41, 5.74) is 5.77. The zero-order valence-electron chi connectivity index (χ0n) is 11.2. The molecule has 0 radical (unpaired) electrons. The Labute approximate surface area is 130 Å². The normalized spacial score (nSPS) is 10.7. The highest BCUT2D eigenvalue weighted by atomic mass is 79.9. The van der Waals surface area contributed by atoms with E-state index in [1.165, 1.54) is 4.88 Å². The summed E-state index contributed by atoms with van der Waals surface area (Å²) in [6.07, 6.45) is 0.945. The van der Waals surface area contributed by atoms with Gasteiger partial charge in [-0.1, -0.05) is 0 Å². The van der Waals surface area contributed by atoms with E-state index < -0.39 is 0 Å². The first-order chi connectivity index (χ1) is 9.67. The van der Waals surface area contributed by atoms with E-state index in [0.29, 0.717) is 24.9 Å². The number of aromatic nitrogens is 2. The molecule has 0 aliphatic rings. The number of hydrogen-bond donors (Lipinski definition) is 2. The maximum atomic E-state index is 5.77. The van der Waals surface area contributed by atoms with Crippen molar-refractivity contribution in [1.82, 2.24) is 9.97 Å². The lowest BCUT2D eigenvalue weighted by atomic mass is 10.3. The van der Waals surface area contributed by atoms with E-state index >= 15 is 0 Å². The summed E-state index contributed by atoms with van der Waals surface area (Å²) in [4.78, 5) is 9.83. The predicted molar refractivity (Wildman–Crippen MR) is 86.0 cm³/mol. The van der Waals surface area contributed by atoms with Crippen LogP contribution in [-0.2, 0) is 17.8 Å². The van der Waals surface area contributed by atoms with Crippen LogP contribution in [0.25, 0.3) is 0 Å². The number of nitrogens with one attached hydrogen (secondary N) is 1. The van der Waals surface area contributed by atoms with Gasteiger partial charge in [0, 0.05) is 24.1 Å². The van der Waals surface area contributed by atoms with E-state index in [0.717, 1.165) is 22.6 Å². The molecule has 2 aromatic heterocycles. The second-order valence-electron chi connectivity index (χ2n) is 4.11. The predicted octanol–water partition coefficient (Wildman–Crippen LogP) is 3.07. The molecule has 2 rings (SSSR count). The molecule has 0 aromatic carbocycles. The third-order valence-electron chi connectivity index (χ3n) is 2.53. The second kappa shape index (κ2) is 7.56. The number of rotatable bonds is 7. The zero-order chi connectivity index (χ0) is 14.4. The number of nitrogens with zero attached hydrogens (tertiary/aromatic N) is 2. The Balaban J connectivity index is 1.89. The van der Waals surface area contributed by atoms with Gasteiger partial charge in [0.1, 0.15) is 18.2 Å². The van der Waals surface area contributed by atoms with Gasteiger partial charge in [-0.05, 0) is 41.4 Å². The average Bonchev–Trinajstić information content (AvgIpc) is 2.81. The van der Waals surface area contributed by atoms with Gasteiger partial charge in [-0.15, -0.1) is 11.3 Å². The van der Waals surface area contributed by atoms with Gasteiger partial charge < -0.3 is 15.8 Å². The number of hydrogen-bond acceptors (Lipinski definition) is 6. The standard InChI is InChI=1S/C13H17BrN4OS/c1-2-19-8-13-17-11(15)7-12(18-13)16-6-5-9-3-4-10(14)20-9/h3-4,7H,2,5-6,8H2,1H3,(H3,15,16,17,18). The summed E-state index contributed by atoms with van der Waals surface area (Å²) in [7, 11) is 0. The van der Waals surface area contributed by atoms with Crippen molar-refractivity contribution in [2.75, 3.05) is 24.2 Å². The largest absolute Gasteiger partial charge is 0.384 e. The van der Waals surface area contributed by atoms with Crippen LogP contribution >= 0.6 is 27.3 Å². The van der Waals surface area contributed by atoms with Gasteiger partial charge in [-0.25, -0.2) is 9.97 Å². The van der Waals surface area contributed by atoms with Crippen molar-refractivity contribution in [3.63, 3.8) is 0 Å². The number of thiophene rings is 1. The molecule has 3 N–H and O–H groups in total. The first-order valence-corrected chi connectivity index (χ1v) is 7.97. The van der Waals surface area contributed by atoms with Crippen molar-refractivity contribution in [3.8, 4) is 0 Å². The van der Waals surface area contributed by atoms with Crippen molar-refractivity contribution in [2.24, 2.45) is 0 Å². The topological polar surface area (TPSA) is 73.1 Å². The molecule has 5 nitrogen and oxygen atoms in total. The maximum Gasteiger partial charge on any atom is 0.158 e. The Kier molecular flexibility index (Phi) is 5.75. The van der Waals surface area contributed by atoms with E-state index in [-0.39, 0.29) is 0 Å². The van der Waals surface area contributed by atoms with Gasteiger partial charge in [0.15, 0.2) is 5.82 Å². The Morgan fingerprint density at radius 2 is 2.25 bits per heavy atom. The smallest absolute Gasteiger partial charge is 0.158 e. The van der Waals surface area contributed by atoms with Crippen LogP contribution in [-0.4, -0.2) is 23.1 Å². The lowest BCUT2D eigenvalue weighted by molar-refractivity contribution is 0.128. The third-order valence-corrected chi connectivity index (χ3v) is 4.22. The number of ether oxygens (including phenoxy) is 1. The van der Waals surface area contributed by atoms with Gasteiger partial charge in [0.05, 0.1) is 3.79 Å². The van der Waals surface area contributed by atoms with Crippen molar-refractivity contribution in [3.05, 3.63) is 32.7 Å². The van der Waals surface area contributed by atoms with Crippen LogP contribution in [0.1, 0.15) is 17.6 Å². The van der Waals surface area contributed by atoms with E-state index in [9.17, 15) is 0 Å². The minimum absolute atomic E-state index is 0.383. The Morgan fingerprint density at radius 1 is 1.40 bits per heavy atom. The summed E-state index contributed by atoms with van der Waals surface area (Å²) < 4.78 is 6.44. The first kappa shape index (κ1) is 15.2. The summed E-state index contributed by atoms with van der Waals surface area (Å²) in [5.74, 6) is 1.80. The van der Waals surface area contributed by atoms with Gasteiger partial charge in [0.25, 0.3) is 0 Å². The average molecular weight is 357 g/mol. The Bertz CT molecular complexity index is 561. The molecule has 0 atom stereocenters. The molecule has 0 bridgehead atoms. The Hall–Kier alpha value is -1.18. The third kappa shape index (κ3) is 4.73. The molecule has 0 aliphatic heterocycles. The van der Waals surface area contributed by atoms with Crippen LogP contribution in [0.5, 0.6) is 0 Å². The molecular weight excluding hydrogens is 340 g/mol. The lowest BCUT2D eigenvalue weighted by Crippen LogP contribution is -2.09. The number of nitrogens with two attached hydrogens (primary N) is 1. The first-order valence-electron chi connectivity index (χ1n) is 6.36. The Morgan fingerprint density at radius 3 is 2.95 bits per heavy atom. The van der Waals surface area contributed by atoms with E-state index in [4.69, 9.17) is 10.5 Å². The fourth-order valence-electron chi connectivity index (χ4n) is 1.67. The summed E-state index contributed by atoms with van der Waals surface area (Å²) in [6.45, 7) is 3.75. The van der Waals surface area contributed by atoms with Gasteiger partial charge in [0.2, 0.25) is 0 Å². The SMILES string of the molecule is CCOCc1nc(N)cc(NCCc2ccc(Br)s2)n1. The molecular formula is C13H17BrN4OS. The van der Waals surface area contributed by atoms with Crippen LogP contribution in [0.3, 0.4) is 0 Å². The highest BCUT2D eigenvalue weighted by Crippen LogP contribution is 2.22. The number of anilines is 2. The molecule has 0 aliphatic carbocycles. The zero-order valence-corrected chi connectivity index (χ0v) is 13.6. The van der Waals surface area contributed by atoms with E-state index in [1.807, 2.05) is 6.92 Å². The lowest BCUT2D eigenvalue weighted by Gasteiger charge is -2.08. The highest BCUT2D eigenvalue weighted by Gasteiger charge is 2.03. The van der Waals surface area contributed by atoms with Crippen molar-refractivity contribution < 1.29 is 4.74 Å². The van der Waals surface area contributed by atoms with Crippen LogP contribution in [0, 0.1) is 0 Å².